The highest BCUT2D eigenvalue weighted by atomic mass is 19.3. The standard InChI is InChI=1S/C17H10F3N5O3/c18-9-2-4-12-11(5-9)16(26)25(17(27)22-12)7-10-3-1-8(6-21-10)14-23-24-15(28-14)13(19)20/h1-6,13H,7H2,(H,22,27). The van der Waals surface area contributed by atoms with Crippen molar-refractivity contribution in [1.82, 2.24) is 24.7 Å². The minimum Gasteiger partial charge on any atom is -0.415 e. The van der Waals surface area contributed by atoms with Crippen LogP contribution in [-0.2, 0) is 6.54 Å². The van der Waals surface area contributed by atoms with Gasteiger partial charge >= 0.3 is 12.1 Å². The van der Waals surface area contributed by atoms with E-state index in [0.717, 1.165) is 16.7 Å². The SMILES string of the molecule is O=c1[nH]c2ccc(F)cc2c(=O)n1Cc1ccc(-c2nnc(C(F)F)o2)cn1. The summed E-state index contributed by atoms with van der Waals surface area (Å²) in [5.41, 5.74) is -0.482. The molecular weight excluding hydrogens is 379 g/mol. The Morgan fingerprint density at radius 1 is 1.14 bits per heavy atom. The highest BCUT2D eigenvalue weighted by molar-refractivity contribution is 5.77. The molecule has 1 aromatic carbocycles. The number of nitrogens with one attached hydrogen (secondary N) is 1. The van der Waals surface area contributed by atoms with Crippen molar-refractivity contribution in [3.8, 4) is 11.5 Å². The first-order chi connectivity index (χ1) is 13.4. The smallest absolute Gasteiger partial charge is 0.329 e. The molecule has 0 aliphatic carbocycles. The minimum atomic E-state index is -2.88. The van der Waals surface area contributed by atoms with E-state index in [1.807, 2.05) is 0 Å². The molecule has 0 bridgehead atoms. The van der Waals surface area contributed by atoms with Gasteiger partial charge in [-0.25, -0.2) is 9.18 Å². The number of hydrogen-bond acceptors (Lipinski definition) is 6. The van der Waals surface area contributed by atoms with E-state index in [0.29, 0.717) is 11.3 Å². The topological polar surface area (TPSA) is 107 Å². The van der Waals surface area contributed by atoms with Gasteiger partial charge in [-0.3, -0.25) is 14.3 Å². The fourth-order valence-electron chi connectivity index (χ4n) is 2.61. The predicted molar refractivity (Wildman–Crippen MR) is 90.4 cm³/mol. The molecule has 0 unspecified atom stereocenters. The van der Waals surface area contributed by atoms with Crippen molar-refractivity contribution in [2.45, 2.75) is 13.0 Å². The minimum absolute atomic E-state index is 0.0293. The highest BCUT2D eigenvalue weighted by Gasteiger charge is 2.17. The van der Waals surface area contributed by atoms with E-state index in [2.05, 4.69) is 20.2 Å². The van der Waals surface area contributed by atoms with Gasteiger partial charge in [-0.15, -0.1) is 10.2 Å². The Balaban J connectivity index is 1.66. The zero-order valence-electron chi connectivity index (χ0n) is 13.9. The summed E-state index contributed by atoms with van der Waals surface area (Å²) >= 11 is 0. The highest BCUT2D eigenvalue weighted by Crippen LogP contribution is 2.22. The molecule has 28 heavy (non-hydrogen) atoms. The fraction of sp³-hybridized carbons (Fsp3) is 0.118. The average molecular weight is 389 g/mol. The van der Waals surface area contributed by atoms with E-state index >= 15 is 0 Å². The number of H-pyrrole nitrogens is 1. The molecule has 0 amide bonds. The Morgan fingerprint density at radius 3 is 2.64 bits per heavy atom. The third kappa shape index (κ3) is 3.17. The van der Waals surface area contributed by atoms with Crippen LogP contribution < -0.4 is 11.2 Å². The van der Waals surface area contributed by atoms with Crippen LogP contribution in [0.2, 0.25) is 0 Å². The number of hydrogen-bond donors (Lipinski definition) is 1. The molecule has 0 aliphatic rings. The van der Waals surface area contributed by atoms with Crippen molar-refractivity contribution in [2.75, 3.05) is 0 Å². The Morgan fingerprint density at radius 2 is 1.96 bits per heavy atom. The van der Waals surface area contributed by atoms with Crippen LogP contribution in [0.3, 0.4) is 0 Å². The lowest BCUT2D eigenvalue weighted by Crippen LogP contribution is -2.35. The molecule has 11 heteroatoms. The average Bonchev–Trinajstić information content (AvgIpc) is 3.17. The first kappa shape index (κ1) is 17.6. The number of halogens is 3. The Kier molecular flexibility index (Phi) is 4.26. The number of rotatable bonds is 4. The van der Waals surface area contributed by atoms with Crippen molar-refractivity contribution in [1.29, 1.82) is 0 Å². The lowest BCUT2D eigenvalue weighted by atomic mass is 10.2. The third-order valence-electron chi connectivity index (χ3n) is 3.96. The third-order valence-corrected chi connectivity index (χ3v) is 3.96. The summed E-state index contributed by atoms with van der Waals surface area (Å²) in [5, 5.41) is 6.76. The van der Waals surface area contributed by atoms with E-state index in [9.17, 15) is 22.8 Å². The molecule has 4 rings (SSSR count). The molecule has 0 fully saturated rings. The van der Waals surface area contributed by atoms with Crippen molar-refractivity contribution < 1.29 is 17.6 Å². The molecule has 0 radical (unpaired) electrons. The molecule has 4 aromatic rings. The van der Waals surface area contributed by atoms with E-state index in [4.69, 9.17) is 4.42 Å². The maximum absolute atomic E-state index is 13.4. The number of fused-ring (bicyclic) bond motifs is 1. The van der Waals surface area contributed by atoms with Gasteiger partial charge in [0.05, 0.1) is 28.7 Å². The maximum atomic E-state index is 13.4. The fourth-order valence-corrected chi connectivity index (χ4v) is 2.61. The molecule has 3 aromatic heterocycles. The Labute approximate surface area is 153 Å². The van der Waals surface area contributed by atoms with E-state index in [-0.39, 0.29) is 23.3 Å². The van der Waals surface area contributed by atoms with E-state index < -0.39 is 29.4 Å². The maximum Gasteiger partial charge on any atom is 0.329 e. The van der Waals surface area contributed by atoms with Crippen LogP contribution >= 0.6 is 0 Å². The first-order valence-electron chi connectivity index (χ1n) is 7.91. The number of nitrogens with zero attached hydrogens (tertiary/aromatic N) is 4. The molecule has 1 N–H and O–H groups in total. The summed E-state index contributed by atoms with van der Waals surface area (Å²) in [6.45, 7) is -0.174. The largest absolute Gasteiger partial charge is 0.415 e. The van der Waals surface area contributed by atoms with Gasteiger partial charge in [-0.05, 0) is 30.3 Å². The van der Waals surface area contributed by atoms with Crippen molar-refractivity contribution in [3.63, 3.8) is 0 Å². The van der Waals surface area contributed by atoms with Crippen molar-refractivity contribution in [2.24, 2.45) is 0 Å². The number of alkyl halides is 2. The quantitative estimate of drug-likeness (QED) is 0.574. The normalized spacial score (nSPS) is 11.4. The predicted octanol–water partition coefficient (Wildman–Crippen LogP) is 2.26. The molecule has 142 valence electrons. The second-order valence-corrected chi connectivity index (χ2v) is 5.80. The summed E-state index contributed by atoms with van der Waals surface area (Å²) < 4.78 is 44.2. The summed E-state index contributed by atoms with van der Waals surface area (Å²) in [7, 11) is 0. The van der Waals surface area contributed by atoms with Gasteiger partial charge in [-0.1, -0.05) is 0 Å². The van der Waals surface area contributed by atoms with Crippen LogP contribution in [0.1, 0.15) is 18.0 Å². The molecule has 0 aliphatic heterocycles. The summed E-state index contributed by atoms with van der Waals surface area (Å²) in [5.74, 6) is -1.54. The number of aromatic nitrogens is 5. The summed E-state index contributed by atoms with van der Waals surface area (Å²) in [4.78, 5) is 31.3. The van der Waals surface area contributed by atoms with Gasteiger partial charge in [0, 0.05) is 6.20 Å². The second-order valence-electron chi connectivity index (χ2n) is 5.80. The lowest BCUT2D eigenvalue weighted by Gasteiger charge is -2.06. The zero-order valence-corrected chi connectivity index (χ0v) is 13.9. The summed E-state index contributed by atoms with van der Waals surface area (Å²) in [6.07, 6.45) is -1.59. The molecule has 0 saturated carbocycles. The molecule has 3 heterocycles. The Bertz CT molecular complexity index is 1280. The molecule has 0 atom stereocenters. The van der Waals surface area contributed by atoms with Crippen molar-refractivity contribution >= 4 is 10.9 Å². The Hall–Kier alpha value is -3.76. The number of benzene rings is 1. The van der Waals surface area contributed by atoms with Gasteiger partial charge < -0.3 is 9.40 Å². The number of aromatic amines is 1. The molecule has 0 spiro atoms. The first-order valence-corrected chi connectivity index (χ1v) is 7.91. The van der Waals surface area contributed by atoms with E-state index in [1.165, 1.54) is 24.4 Å². The van der Waals surface area contributed by atoms with Gasteiger partial charge in [0.25, 0.3) is 11.4 Å². The summed E-state index contributed by atoms with van der Waals surface area (Å²) in [6, 6.07) is 6.44. The van der Waals surface area contributed by atoms with Crippen LogP contribution in [0.5, 0.6) is 0 Å². The zero-order chi connectivity index (χ0) is 19.8. The monoisotopic (exact) mass is 389 g/mol. The van der Waals surface area contributed by atoms with Crippen LogP contribution in [0.4, 0.5) is 13.2 Å². The van der Waals surface area contributed by atoms with Gasteiger partial charge in [0.2, 0.25) is 5.89 Å². The lowest BCUT2D eigenvalue weighted by molar-refractivity contribution is 0.116. The van der Waals surface area contributed by atoms with Crippen LogP contribution in [0.15, 0.2) is 50.5 Å². The van der Waals surface area contributed by atoms with Crippen LogP contribution in [0, 0.1) is 5.82 Å². The van der Waals surface area contributed by atoms with Gasteiger partial charge in [0.15, 0.2) is 0 Å². The van der Waals surface area contributed by atoms with Crippen molar-refractivity contribution in [3.05, 3.63) is 74.8 Å². The van der Waals surface area contributed by atoms with Gasteiger partial charge in [-0.2, -0.15) is 8.78 Å². The molecular formula is C17H10F3N5O3. The van der Waals surface area contributed by atoms with Crippen LogP contribution in [0.25, 0.3) is 22.4 Å². The number of pyridine rings is 1. The molecule has 8 nitrogen and oxygen atoms in total. The van der Waals surface area contributed by atoms with Gasteiger partial charge in [0.1, 0.15) is 5.82 Å². The van der Waals surface area contributed by atoms with E-state index in [1.54, 1.807) is 0 Å². The molecule has 0 saturated heterocycles. The second kappa shape index (κ2) is 6.76. The van der Waals surface area contributed by atoms with Crippen LogP contribution in [-0.4, -0.2) is 24.7 Å².